The first-order valence-corrected chi connectivity index (χ1v) is 13.2. The highest BCUT2D eigenvalue weighted by atomic mass is 16.5. The molecule has 4 aliphatic carbocycles. The Morgan fingerprint density at radius 2 is 1.89 bits per heavy atom. The molecule has 1 aliphatic heterocycles. The first-order valence-electron chi connectivity index (χ1n) is 13.2. The summed E-state index contributed by atoms with van der Waals surface area (Å²) in [7, 11) is 0. The molecular weight excluding hydrogens is 448 g/mol. The smallest absolute Gasteiger partial charge is 0.333 e. The van der Waals surface area contributed by atoms with Crippen LogP contribution in [0.4, 0.5) is 0 Å². The van der Waals surface area contributed by atoms with Crippen LogP contribution in [0.15, 0.2) is 23.3 Å². The molecule has 10 unspecified atom stereocenters. The summed E-state index contributed by atoms with van der Waals surface area (Å²) in [5.41, 5.74) is -1.35. The van der Waals surface area contributed by atoms with Crippen molar-refractivity contribution in [2.45, 2.75) is 90.1 Å². The van der Waals surface area contributed by atoms with E-state index in [2.05, 4.69) is 6.92 Å². The van der Waals surface area contributed by atoms with E-state index in [0.717, 1.165) is 12.0 Å². The molecule has 0 aromatic heterocycles. The van der Waals surface area contributed by atoms with Crippen molar-refractivity contribution in [1.82, 2.24) is 0 Å². The average Bonchev–Trinajstić information content (AvgIpc) is 3.06. The van der Waals surface area contributed by atoms with Gasteiger partial charge in [0.15, 0.2) is 5.78 Å². The Kier molecular flexibility index (Phi) is 5.91. The maximum atomic E-state index is 13.2. The minimum atomic E-state index is -1.50. The zero-order valence-electron chi connectivity index (χ0n) is 21.2. The fourth-order valence-electron chi connectivity index (χ4n) is 9.13. The number of hydrogen-bond donors (Lipinski definition) is 4. The molecule has 0 bridgehead atoms. The number of carbonyl (C=O) groups is 2. The van der Waals surface area contributed by atoms with Gasteiger partial charge in [-0.2, -0.15) is 0 Å². The average molecular weight is 489 g/mol. The van der Waals surface area contributed by atoms with Crippen LogP contribution in [0.2, 0.25) is 0 Å². The van der Waals surface area contributed by atoms with Crippen LogP contribution in [-0.4, -0.2) is 62.7 Å². The fourth-order valence-corrected chi connectivity index (χ4v) is 9.13. The zero-order valence-corrected chi connectivity index (χ0v) is 21.2. The number of aliphatic hydroxyl groups is 4. The molecule has 0 spiro atoms. The molecule has 194 valence electrons. The Hall–Kier alpha value is -1.54. The van der Waals surface area contributed by atoms with E-state index in [-0.39, 0.29) is 59.8 Å². The Labute approximate surface area is 207 Å². The number of esters is 1. The van der Waals surface area contributed by atoms with Gasteiger partial charge in [-0.1, -0.05) is 18.6 Å². The predicted molar refractivity (Wildman–Crippen MR) is 128 cm³/mol. The molecule has 5 aliphatic rings. The molecule has 4 N–H and O–H groups in total. The molecular formula is C28H40O7. The van der Waals surface area contributed by atoms with E-state index in [1.165, 1.54) is 0 Å². The molecule has 35 heavy (non-hydrogen) atoms. The van der Waals surface area contributed by atoms with Crippen LogP contribution >= 0.6 is 0 Å². The van der Waals surface area contributed by atoms with Crippen molar-refractivity contribution in [3.63, 3.8) is 0 Å². The van der Waals surface area contributed by atoms with Gasteiger partial charge in [0.2, 0.25) is 0 Å². The second-order valence-corrected chi connectivity index (χ2v) is 12.5. The first-order chi connectivity index (χ1) is 16.4. The molecule has 3 fully saturated rings. The SMILES string of the molecule is CC1=C(C)C(=O)OC(C(CO)C2CC(O)C3C4CC(O)[C@@]5(O)CC=CC(=O)C5(C)C4CCC23C)C1. The van der Waals surface area contributed by atoms with Gasteiger partial charge < -0.3 is 25.2 Å². The highest BCUT2D eigenvalue weighted by Gasteiger charge is 2.70. The standard InChI is InChI=1S/C28H40O7/c1-14-10-21(35-25(33)15(14)2)17(13-29)19-12-20(30)24-16-11-23(32)28(34)8-5-6-22(31)27(28,4)18(16)7-9-26(19,24)3/h5-6,16-21,23-24,29-30,32,34H,7-13H2,1-4H3/t16?,17?,18?,19?,20?,21?,23?,24?,26?,27?,28-/m0/s1. The van der Waals surface area contributed by atoms with Crippen LogP contribution in [-0.2, 0) is 14.3 Å². The summed E-state index contributed by atoms with van der Waals surface area (Å²) in [6.07, 6.45) is 4.15. The monoisotopic (exact) mass is 488 g/mol. The van der Waals surface area contributed by atoms with Crippen molar-refractivity contribution in [1.29, 1.82) is 0 Å². The summed E-state index contributed by atoms with van der Waals surface area (Å²) in [5.74, 6) is -1.30. The molecule has 0 amide bonds. The van der Waals surface area contributed by atoms with Crippen LogP contribution in [0.3, 0.4) is 0 Å². The van der Waals surface area contributed by atoms with E-state index in [9.17, 15) is 30.0 Å². The van der Waals surface area contributed by atoms with E-state index in [4.69, 9.17) is 4.74 Å². The third-order valence-electron chi connectivity index (χ3n) is 11.3. The van der Waals surface area contributed by atoms with Gasteiger partial charge in [0.1, 0.15) is 11.7 Å². The van der Waals surface area contributed by atoms with E-state index in [1.54, 1.807) is 26.0 Å². The fraction of sp³-hybridized carbons (Fsp3) is 0.786. The summed E-state index contributed by atoms with van der Waals surface area (Å²) < 4.78 is 5.77. The quantitative estimate of drug-likeness (QED) is 0.450. The van der Waals surface area contributed by atoms with Gasteiger partial charge in [-0.15, -0.1) is 0 Å². The lowest BCUT2D eigenvalue weighted by atomic mass is 9.42. The molecule has 0 aromatic rings. The van der Waals surface area contributed by atoms with Gasteiger partial charge in [-0.25, -0.2) is 4.79 Å². The van der Waals surface area contributed by atoms with Crippen LogP contribution in [0, 0.1) is 40.4 Å². The first kappa shape index (κ1) is 25.1. The topological polar surface area (TPSA) is 124 Å². The minimum Gasteiger partial charge on any atom is -0.458 e. The summed E-state index contributed by atoms with van der Waals surface area (Å²) in [6, 6.07) is 0. The molecule has 1 heterocycles. The van der Waals surface area contributed by atoms with E-state index in [1.807, 2.05) is 6.92 Å². The highest BCUT2D eigenvalue weighted by molar-refractivity contribution is 5.97. The highest BCUT2D eigenvalue weighted by Crippen LogP contribution is 2.68. The Morgan fingerprint density at radius 1 is 1.17 bits per heavy atom. The third-order valence-corrected chi connectivity index (χ3v) is 11.3. The van der Waals surface area contributed by atoms with Crippen LogP contribution in [0.25, 0.3) is 0 Å². The maximum absolute atomic E-state index is 13.2. The minimum absolute atomic E-state index is 0.0647. The number of carbonyl (C=O) groups excluding carboxylic acids is 2. The van der Waals surface area contributed by atoms with Gasteiger partial charge in [0, 0.05) is 24.5 Å². The van der Waals surface area contributed by atoms with E-state index >= 15 is 0 Å². The van der Waals surface area contributed by atoms with Crippen LogP contribution in [0.1, 0.15) is 66.2 Å². The van der Waals surface area contributed by atoms with Crippen LogP contribution in [0.5, 0.6) is 0 Å². The van der Waals surface area contributed by atoms with Gasteiger partial charge in [-0.05, 0) is 88.0 Å². The number of fused-ring (bicyclic) bond motifs is 5. The van der Waals surface area contributed by atoms with Gasteiger partial charge in [-0.3, -0.25) is 4.79 Å². The number of aliphatic hydroxyl groups excluding tert-OH is 3. The zero-order chi connectivity index (χ0) is 25.5. The second kappa shape index (κ2) is 8.23. The molecule has 7 nitrogen and oxygen atoms in total. The number of rotatable bonds is 3. The maximum Gasteiger partial charge on any atom is 0.333 e. The molecule has 0 saturated heterocycles. The molecule has 7 heteroatoms. The van der Waals surface area contributed by atoms with Crippen molar-refractivity contribution < 1.29 is 34.8 Å². The number of cyclic esters (lactones) is 1. The number of ether oxygens (including phenoxy) is 1. The van der Waals surface area contributed by atoms with Crippen molar-refractivity contribution in [3.05, 3.63) is 23.3 Å². The predicted octanol–water partition coefficient (Wildman–Crippen LogP) is 2.31. The summed E-state index contributed by atoms with van der Waals surface area (Å²) >= 11 is 0. The normalized spacial score (nSPS) is 50.3. The van der Waals surface area contributed by atoms with Crippen LogP contribution < -0.4 is 0 Å². The van der Waals surface area contributed by atoms with Gasteiger partial charge in [0.05, 0.1) is 17.6 Å². The van der Waals surface area contributed by atoms with Gasteiger partial charge in [0.25, 0.3) is 0 Å². The Morgan fingerprint density at radius 3 is 2.54 bits per heavy atom. The molecule has 3 saturated carbocycles. The lowest BCUT2D eigenvalue weighted by Crippen LogP contribution is -2.69. The van der Waals surface area contributed by atoms with Crippen molar-refractivity contribution in [3.8, 4) is 0 Å². The lowest BCUT2D eigenvalue weighted by Gasteiger charge is -2.63. The summed E-state index contributed by atoms with van der Waals surface area (Å²) in [5, 5.41) is 44.6. The second-order valence-electron chi connectivity index (χ2n) is 12.5. The third kappa shape index (κ3) is 3.24. The van der Waals surface area contributed by atoms with Crippen molar-refractivity contribution >= 4 is 11.8 Å². The molecule has 0 radical (unpaired) electrons. The van der Waals surface area contributed by atoms with Crippen molar-refractivity contribution in [2.24, 2.45) is 40.4 Å². The number of hydrogen-bond acceptors (Lipinski definition) is 7. The van der Waals surface area contributed by atoms with E-state index in [0.29, 0.717) is 31.3 Å². The largest absolute Gasteiger partial charge is 0.458 e. The molecule has 11 atom stereocenters. The van der Waals surface area contributed by atoms with Gasteiger partial charge >= 0.3 is 5.97 Å². The Balaban J connectivity index is 1.49. The van der Waals surface area contributed by atoms with Crippen molar-refractivity contribution in [2.75, 3.05) is 6.61 Å². The molecule has 0 aromatic carbocycles. The Bertz CT molecular complexity index is 986. The number of allylic oxidation sites excluding steroid dienone is 1. The number of ketones is 1. The lowest BCUT2D eigenvalue weighted by molar-refractivity contribution is -0.236. The summed E-state index contributed by atoms with van der Waals surface area (Å²) in [6.45, 7) is 7.51. The summed E-state index contributed by atoms with van der Waals surface area (Å²) in [4.78, 5) is 25.6. The van der Waals surface area contributed by atoms with E-state index < -0.39 is 29.3 Å². The molecule has 5 rings (SSSR count).